The molecule has 0 radical (unpaired) electrons. The first-order chi connectivity index (χ1) is 8.97. The van der Waals surface area contributed by atoms with Gasteiger partial charge in [-0.2, -0.15) is 0 Å². The number of alkyl halides is 1. The molecule has 0 nitrogen and oxygen atoms in total. The van der Waals surface area contributed by atoms with Crippen molar-refractivity contribution in [3.05, 3.63) is 70.0 Å². The van der Waals surface area contributed by atoms with Crippen molar-refractivity contribution in [1.29, 1.82) is 0 Å². The van der Waals surface area contributed by atoms with Gasteiger partial charge in [-0.25, -0.2) is 4.39 Å². The summed E-state index contributed by atoms with van der Waals surface area (Å²) in [6.45, 7) is 5.63. The summed E-state index contributed by atoms with van der Waals surface area (Å²) in [7, 11) is 0. The second-order valence-electron chi connectivity index (χ2n) is 5.13. The van der Waals surface area contributed by atoms with Gasteiger partial charge in [-0.1, -0.05) is 42.0 Å². The van der Waals surface area contributed by atoms with E-state index in [-0.39, 0.29) is 11.2 Å². The molecule has 2 rings (SSSR count). The van der Waals surface area contributed by atoms with Crippen LogP contribution in [0.15, 0.2) is 36.4 Å². The minimum absolute atomic E-state index is 0.125. The minimum Gasteiger partial charge on any atom is -0.206 e. The Morgan fingerprint density at radius 1 is 1.05 bits per heavy atom. The van der Waals surface area contributed by atoms with E-state index in [1.165, 1.54) is 11.1 Å². The molecule has 0 aliphatic rings. The van der Waals surface area contributed by atoms with Crippen molar-refractivity contribution >= 4 is 11.6 Å². The average Bonchev–Trinajstić information content (AvgIpc) is 2.35. The molecule has 0 amide bonds. The van der Waals surface area contributed by atoms with Crippen LogP contribution >= 0.6 is 11.6 Å². The second kappa shape index (κ2) is 5.75. The van der Waals surface area contributed by atoms with Crippen LogP contribution in [0.3, 0.4) is 0 Å². The minimum atomic E-state index is -0.136. The van der Waals surface area contributed by atoms with E-state index in [0.29, 0.717) is 11.1 Å². The van der Waals surface area contributed by atoms with Gasteiger partial charge in [0.05, 0.1) is 5.38 Å². The molecule has 0 aromatic heterocycles. The largest absolute Gasteiger partial charge is 0.206 e. The van der Waals surface area contributed by atoms with Crippen LogP contribution in [0.4, 0.5) is 4.39 Å². The molecule has 2 heteroatoms. The standard InChI is InChI=1S/C17H18ClF/c1-11-5-4-6-14(7-11)10-16(18)15-8-12(2)17(19)13(3)9-15/h4-9,16H,10H2,1-3H3. The van der Waals surface area contributed by atoms with Crippen molar-refractivity contribution < 1.29 is 4.39 Å². The van der Waals surface area contributed by atoms with Gasteiger partial charge in [0.25, 0.3) is 0 Å². The second-order valence-corrected chi connectivity index (χ2v) is 5.66. The lowest BCUT2D eigenvalue weighted by Gasteiger charge is -2.13. The lowest BCUT2D eigenvalue weighted by Crippen LogP contribution is -1.99. The molecule has 1 unspecified atom stereocenters. The van der Waals surface area contributed by atoms with Crippen molar-refractivity contribution in [2.24, 2.45) is 0 Å². The van der Waals surface area contributed by atoms with E-state index in [9.17, 15) is 4.39 Å². The molecule has 0 saturated carbocycles. The van der Waals surface area contributed by atoms with Crippen LogP contribution in [0.1, 0.15) is 33.2 Å². The maximum atomic E-state index is 13.6. The molecule has 19 heavy (non-hydrogen) atoms. The zero-order valence-electron chi connectivity index (χ0n) is 11.5. The smallest absolute Gasteiger partial charge is 0.129 e. The molecular formula is C17H18ClF. The number of benzene rings is 2. The van der Waals surface area contributed by atoms with Crippen LogP contribution in [-0.2, 0) is 6.42 Å². The average molecular weight is 277 g/mol. The highest BCUT2D eigenvalue weighted by Gasteiger charge is 2.12. The summed E-state index contributed by atoms with van der Waals surface area (Å²) in [5.74, 6) is -0.136. The van der Waals surface area contributed by atoms with Gasteiger partial charge in [0, 0.05) is 0 Å². The van der Waals surface area contributed by atoms with Crippen molar-refractivity contribution in [2.45, 2.75) is 32.6 Å². The molecule has 1 atom stereocenters. The van der Waals surface area contributed by atoms with Crippen molar-refractivity contribution in [1.82, 2.24) is 0 Å². The Labute approximate surface area is 119 Å². The molecule has 0 aliphatic carbocycles. The Bertz CT molecular complexity index is 567. The van der Waals surface area contributed by atoms with Crippen LogP contribution in [0, 0.1) is 26.6 Å². The highest BCUT2D eigenvalue weighted by atomic mass is 35.5. The molecule has 0 fully saturated rings. The van der Waals surface area contributed by atoms with Gasteiger partial charge in [-0.15, -0.1) is 11.6 Å². The quantitative estimate of drug-likeness (QED) is 0.670. The lowest BCUT2D eigenvalue weighted by molar-refractivity contribution is 0.608. The Kier molecular flexibility index (Phi) is 4.26. The van der Waals surface area contributed by atoms with Gasteiger partial charge >= 0.3 is 0 Å². The summed E-state index contributed by atoms with van der Waals surface area (Å²) >= 11 is 6.47. The number of hydrogen-bond acceptors (Lipinski definition) is 0. The molecule has 0 saturated heterocycles. The first-order valence-electron chi connectivity index (χ1n) is 6.43. The third kappa shape index (κ3) is 3.36. The van der Waals surface area contributed by atoms with Crippen LogP contribution in [-0.4, -0.2) is 0 Å². The number of aryl methyl sites for hydroxylation is 3. The van der Waals surface area contributed by atoms with E-state index < -0.39 is 0 Å². The van der Waals surface area contributed by atoms with Crippen LogP contribution in [0.2, 0.25) is 0 Å². The molecular weight excluding hydrogens is 259 g/mol. The Morgan fingerprint density at radius 2 is 1.68 bits per heavy atom. The third-order valence-electron chi connectivity index (χ3n) is 3.32. The monoisotopic (exact) mass is 276 g/mol. The van der Waals surface area contributed by atoms with E-state index in [4.69, 9.17) is 11.6 Å². The number of hydrogen-bond donors (Lipinski definition) is 0. The van der Waals surface area contributed by atoms with Gasteiger partial charge in [-0.05, 0) is 49.4 Å². The SMILES string of the molecule is Cc1cccc(CC(Cl)c2cc(C)c(F)c(C)c2)c1. The van der Waals surface area contributed by atoms with Crippen molar-refractivity contribution in [2.75, 3.05) is 0 Å². The zero-order valence-corrected chi connectivity index (χ0v) is 12.3. The van der Waals surface area contributed by atoms with Gasteiger partial charge in [0.1, 0.15) is 5.82 Å². The number of rotatable bonds is 3. The normalized spacial score (nSPS) is 12.5. The fraction of sp³-hybridized carbons (Fsp3) is 0.294. The summed E-state index contributed by atoms with van der Waals surface area (Å²) in [6.07, 6.45) is 0.758. The molecule has 0 aliphatic heterocycles. The molecule has 2 aromatic rings. The van der Waals surface area contributed by atoms with Gasteiger partial charge < -0.3 is 0 Å². The van der Waals surface area contributed by atoms with Gasteiger partial charge in [0.15, 0.2) is 0 Å². The summed E-state index contributed by atoms with van der Waals surface area (Å²) in [4.78, 5) is 0. The summed E-state index contributed by atoms with van der Waals surface area (Å²) in [6, 6.07) is 12.0. The zero-order chi connectivity index (χ0) is 14.0. The van der Waals surface area contributed by atoms with E-state index in [1.54, 1.807) is 13.8 Å². The highest BCUT2D eigenvalue weighted by molar-refractivity contribution is 6.20. The Hall–Kier alpha value is -1.34. The van der Waals surface area contributed by atoms with Gasteiger partial charge in [0.2, 0.25) is 0 Å². The predicted octanol–water partition coefficient (Wildman–Crippen LogP) is 5.27. The number of halogens is 2. The van der Waals surface area contributed by atoms with Crippen molar-refractivity contribution in [3.8, 4) is 0 Å². The Balaban J connectivity index is 2.23. The predicted molar refractivity (Wildman–Crippen MR) is 79.4 cm³/mol. The highest BCUT2D eigenvalue weighted by Crippen LogP contribution is 2.28. The fourth-order valence-electron chi connectivity index (χ4n) is 2.32. The first kappa shape index (κ1) is 14.1. The maximum Gasteiger partial charge on any atom is 0.129 e. The van der Waals surface area contributed by atoms with E-state index in [0.717, 1.165) is 12.0 Å². The van der Waals surface area contributed by atoms with E-state index in [1.807, 2.05) is 18.2 Å². The molecule has 100 valence electrons. The lowest BCUT2D eigenvalue weighted by atomic mass is 9.99. The molecule has 0 heterocycles. The Morgan fingerprint density at radius 3 is 2.26 bits per heavy atom. The van der Waals surface area contributed by atoms with E-state index in [2.05, 4.69) is 25.1 Å². The van der Waals surface area contributed by atoms with Gasteiger partial charge in [-0.3, -0.25) is 0 Å². The van der Waals surface area contributed by atoms with Crippen molar-refractivity contribution in [3.63, 3.8) is 0 Å². The third-order valence-corrected chi connectivity index (χ3v) is 3.72. The van der Waals surface area contributed by atoms with Crippen LogP contribution in [0.25, 0.3) is 0 Å². The molecule has 0 bridgehead atoms. The summed E-state index contributed by atoms with van der Waals surface area (Å²) < 4.78 is 13.6. The van der Waals surface area contributed by atoms with E-state index >= 15 is 0 Å². The van der Waals surface area contributed by atoms with Crippen LogP contribution in [0.5, 0.6) is 0 Å². The molecule has 0 spiro atoms. The molecule has 2 aromatic carbocycles. The van der Waals surface area contributed by atoms with Crippen LogP contribution < -0.4 is 0 Å². The first-order valence-corrected chi connectivity index (χ1v) is 6.87. The molecule has 0 N–H and O–H groups in total. The summed E-state index contributed by atoms with van der Waals surface area (Å²) in [5.41, 5.74) is 4.74. The topological polar surface area (TPSA) is 0 Å². The maximum absolute atomic E-state index is 13.6. The fourth-order valence-corrected chi connectivity index (χ4v) is 2.63. The summed E-state index contributed by atoms with van der Waals surface area (Å²) in [5, 5.41) is -0.125.